The zero-order valence-electron chi connectivity index (χ0n) is 13.1. The minimum Gasteiger partial charge on any atom is -0.465 e. The van der Waals surface area contributed by atoms with Crippen LogP contribution in [0.5, 0.6) is 0 Å². The molecule has 0 radical (unpaired) electrons. The molecule has 1 saturated heterocycles. The predicted molar refractivity (Wildman–Crippen MR) is 80.7 cm³/mol. The summed E-state index contributed by atoms with van der Waals surface area (Å²) in [5, 5.41) is 3.72. The number of hydrogen-bond donors (Lipinski definition) is 1. The van der Waals surface area contributed by atoms with Gasteiger partial charge in [-0.05, 0) is 39.7 Å². The third-order valence-corrected chi connectivity index (χ3v) is 4.84. The standard InChI is InChI=1S/C16H30N2O2/c1-3-20-15(19)16(10-12-18(2)13-11-16)17-14-8-6-4-5-7-9-14/h14,17H,3-13H2,1-2H3. The van der Waals surface area contributed by atoms with Crippen molar-refractivity contribution in [3.63, 3.8) is 0 Å². The topological polar surface area (TPSA) is 41.6 Å². The maximum atomic E-state index is 12.5. The zero-order valence-corrected chi connectivity index (χ0v) is 13.1. The summed E-state index contributed by atoms with van der Waals surface area (Å²) in [5.74, 6) is -0.0302. The highest BCUT2D eigenvalue weighted by Crippen LogP contribution is 2.27. The van der Waals surface area contributed by atoms with Gasteiger partial charge in [0.25, 0.3) is 0 Å². The second-order valence-corrected chi connectivity index (χ2v) is 6.44. The Morgan fingerprint density at radius 1 is 1.20 bits per heavy atom. The maximum absolute atomic E-state index is 12.5. The Labute approximate surface area is 123 Å². The van der Waals surface area contributed by atoms with Crippen LogP contribution in [0.4, 0.5) is 0 Å². The predicted octanol–water partition coefficient (Wildman–Crippen LogP) is 2.33. The lowest BCUT2D eigenvalue weighted by molar-refractivity contribution is -0.154. The van der Waals surface area contributed by atoms with E-state index in [4.69, 9.17) is 4.74 Å². The monoisotopic (exact) mass is 282 g/mol. The van der Waals surface area contributed by atoms with Crippen molar-refractivity contribution < 1.29 is 9.53 Å². The van der Waals surface area contributed by atoms with Gasteiger partial charge in [-0.15, -0.1) is 0 Å². The van der Waals surface area contributed by atoms with Crippen LogP contribution in [0.2, 0.25) is 0 Å². The van der Waals surface area contributed by atoms with Gasteiger partial charge in [0.1, 0.15) is 5.54 Å². The second-order valence-electron chi connectivity index (χ2n) is 6.44. The quantitative estimate of drug-likeness (QED) is 0.635. The molecule has 2 aliphatic rings. The van der Waals surface area contributed by atoms with Gasteiger partial charge in [0.15, 0.2) is 0 Å². The number of nitrogens with one attached hydrogen (secondary N) is 1. The number of nitrogens with zero attached hydrogens (tertiary/aromatic N) is 1. The third kappa shape index (κ3) is 3.95. The molecule has 0 spiro atoms. The molecule has 2 rings (SSSR count). The minimum atomic E-state index is -0.433. The van der Waals surface area contributed by atoms with E-state index in [1.807, 2.05) is 6.92 Å². The summed E-state index contributed by atoms with van der Waals surface area (Å²) in [6.45, 7) is 4.31. The highest BCUT2D eigenvalue weighted by molar-refractivity contribution is 5.81. The molecule has 2 fully saturated rings. The number of esters is 1. The van der Waals surface area contributed by atoms with E-state index in [2.05, 4.69) is 17.3 Å². The molecule has 0 amide bonds. The summed E-state index contributed by atoms with van der Waals surface area (Å²) >= 11 is 0. The first-order valence-electron chi connectivity index (χ1n) is 8.30. The summed E-state index contributed by atoms with van der Waals surface area (Å²) in [6.07, 6.45) is 9.42. The van der Waals surface area contributed by atoms with E-state index in [1.165, 1.54) is 38.5 Å². The van der Waals surface area contributed by atoms with E-state index in [-0.39, 0.29) is 5.97 Å². The first-order valence-corrected chi connectivity index (χ1v) is 8.30. The van der Waals surface area contributed by atoms with Crippen LogP contribution >= 0.6 is 0 Å². The molecule has 20 heavy (non-hydrogen) atoms. The number of carbonyl (C=O) groups is 1. The highest BCUT2D eigenvalue weighted by atomic mass is 16.5. The molecule has 0 aromatic heterocycles. The number of carbonyl (C=O) groups excluding carboxylic acids is 1. The average Bonchev–Trinajstić information content (AvgIpc) is 2.70. The molecule has 0 bridgehead atoms. The molecule has 4 nitrogen and oxygen atoms in total. The molecule has 1 aliphatic carbocycles. The Bertz CT molecular complexity index is 304. The van der Waals surface area contributed by atoms with Crippen LogP contribution in [0.3, 0.4) is 0 Å². The summed E-state index contributed by atoms with van der Waals surface area (Å²) in [5.41, 5.74) is -0.433. The smallest absolute Gasteiger partial charge is 0.326 e. The lowest BCUT2D eigenvalue weighted by Crippen LogP contribution is -2.61. The molecule has 116 valence electrons. The fourth-order valence-electron chi connectivity index (χ4n) is 3.49. The Morgan fingerprint density at radius 2 is 1.80 bits per heavy atom. The van der Waals surface area contributed by atoms with Gasteiger partial charge in [-0.3, -0.25) is 10.1 Å². The number of ether oxygens (including phenoxy) is 1. The largest absolute Gasteiger partial charge is 0.465 e. The first kappa shape index (κ1) is 15.8. The van der Waals surface area contributed by atoms with Crippen molar-refractivity contribution in [2.75, 3.05) is 26.7 Å². The van der Waals surface area contributed by atoms with Gasteiger partial charge in [0.2, 0.25) is 0 Å². The Balaban J connectivity index is 2.03. The van der Waals surface area contributed by atoms with Crippen molar-refractivity contribution in [3.8, 4) is 0 Å². The van der Waals surface area contributed by atoms with Crippen molar-refractivity contribution in [1.29, 1.82) is 0 Å². The van der Waals surface area contributed by atoms with E-state index in [1.54, 1.807) is 0 Å². The van der Waals surface area contributed by atoms with E-state index < -0.39 is 5.54 Å². The fraction of sp³-hybridized carbons (Fsp3) is 0.938. The number of likely N-dealkylation sites (tertiary alicyclic amines) is 1. The molecule has 4 heteroatoms. The Hall–Kier alpha value is -0.610. The molecule has 1 aliphatic heterocycles. The molecule has 0 unspecified atom stereocenters. The van der Waals surface area contributed by atoms with E-state index in [9.17, 15) is 4.79 Å². The first-order chi connectivity index (χ1) is 9.66. The summed E-state index contributed by atoms with van der Waals surface area (Å²) in [7, 11) is 2.13. The van der Waals surface area contributed by atoms with Gasteiger partial charge in [-0.2, -0.15) is 0 Å². The molecule has 1 saturated carbocycles. The van der Waals surface area contributed by atoms with Crippen molar-refractivity contribution in [2.24, 2.45) is 0 Å². The fourth-order valence-corrected chi connectivity index (χ4v) is 3.49. The maximum Gasteiger partial charge on any atom is 0.326 e. The van der Waals surface area contributed by atoms with Crippen LogP contribution < -0.4 is 5.32 Å². The number of hydrogen-bond acceptors (Lipinski definition) is 4. The van der Waals surface area contributed by atoms with Crippen LogP contribution in [0.15, 0.2) is 0 Å². The minimum absolute atomic E-state index is 0.0302. The lowest BCUT2D eigenvalue weighted by atomic mass is 9.86. The van der Waals surface area contributed by atoms with Gasteiger partial charge >= 0.3 is 5.97 Å². The molecule has 0 aromatic carbocycles. The van der Waals surface area contributed by atoms with Gasteiger partial charge in [-0.1, -0.05) is 25.7 Å². The number of piperidine rings is 1. The van der Waals surface area contributed by atoms with E-state index in [0.717, 1.165) is 25.9 Å². The molecule has 0 aromatic rings. The number of rotatable bonds is 4. The normalized spacial score (nSPS) is 25.1. The van der Waals surface area contributed by atoms with Crippen molar-refractivity contribution in [1.82, 2.24) is 10.2 Å². The third-order valence-electron chi connectivity index (χ3n) is 4.84. The Kier molecular flexibility index (Phi) is 5.85. The van der Waals surface area contributed by atoms with Crippen LogP contribution in [-0.4, -0.2) is 49.2 Å². The van der Waals surface area contributed by atoms with Gasteiger partial charge in [0, 0.05) is 19.1 Å². The van der Waals surface area contributed by atoms with Crippen LogP contribution in [0.25, 0.3) is 0 Å². The molecule has 0 atom stereocenters. The highest BCUT2D eigenvalue weighted by Gasteiger charge is 2.43. The van der Waals surface area contributed by atoms with Crippen molar-refractivity contribution in [3.05, 3.63) is 0 Å². The lowest BCUT2D eigenvalue weighted by Gasteiger charge is -2.41. The van der Waals surface area contributed by atoms with Crippen LogP contribution in [0, 0.1) is 0 Å². The van der Waals surface area contributed by atoms with Gasteiger partial charge < -0.3 is 9.64 Å². The average molecular weight is 282 g/mol. The van der Waals surface area contributed by atoms with Crippen molar-refractivity contribution >= 4 is 5.97 Å². The molecular weight excluding hydrogens is 252 g/mol. The molecule has 1 N–H and O–H groups in total. The second kappa shape index (κ2) is 7.41. The van der Waals surface area contributed by atoms with Crippen LogP contribution in [-0.2, 0) is 9.53 Å². The van der Waals surface area contributed by atoms with Gasteiger partial charge in [0.05, 0.1) is 6.61 Å². The van der Waals surface area contributed by atoms with E-state index in [0.29, 0.717) is 12.6 Å². The SMILES string of the molecule is CCOC(=O)C1(NC2CCCCCC2)CCN(C)CC1. The Morgan fingerprint density at radius 3 is 2.35 bits per heavy atom. The summed E-state index contributed by atoms with van der Waals surface area (Å²) in [4.78, 5) is 14.8. The van der Waals surface area contributed by atoms with Crippen LogP contribution in [0.1, 0.15) is 58.3 Å². The van der Waals surface area contributed by atoms with Gasteiger partial charge in [-0.25, -0.2) is 0 Å². The van der Waals surface area contributed by atoms with Crippen molar-refractivity contribution in [2.45, 2.75) is 69.9 Å². The summed E-state index contributed by atoms with van der Waals surface area (Å²) in [6, 6.07) is 0.491. The van der Waals surface area contributed by atoms with E-state index >= 15 is 0 Å². The molecule has 1 heterocycles. The zero-order chi connectivity index (χ0) is 14.4. The molecular formula is C16H30N2O2. The summed E-state index contributed by atoms with van der Waals surface area (Å²) < 4.78 is 5.37.